The van der Waals surface area contributed by atoms with Gasteiger partial charge in [0.15, 0.2) is 0 Å². The van der Waals surface area contributed by atoms with Crippen LogP contribution in [0.5, 0.6) is 0 Å². The van der Waals surface area contributed by atoms with Crippen LogP contribution < -0.4 is 10.6 Å². The van der Waals surface area contributed by atoms with E-state index in [0.717, 1.165) is 9.87 Å². The Balaban J connectivity index is 2.19. The maximum absolute atomic E-state index is 12.4. The largest absolute Gasteiger partial charge is 0.355 e. The molecular formula is C18H21N3O4S. The first-order valence-electron chi connectivity index (χ1n) is 7.83. The number of benzene rings is 2. The zero-order valence-electron chi connectivity index (χ0n) is 15.0. The predicted octanol–water partition coefficient (Wildman–Crippen LogP) is 1.86. The van der Waals surface area contributed by atoms with E-state index in [1.807, 2.05) is 0 Å². The van der Waals surface area contributed by atoms with E-state index in [2.05, 4.69) is 10.6 Å². The van der Waals surface area contributed by atoms with E-state index in [1.165, 1.54) is 38.4 Å². The van der Waals surface area contributed by atoms with Crippen molar-refractivity contribution in [1.82, 2.24) is 9.62 Å². The Labute approximate surface area is 153 Å². The number of rotatable bonds is 5. The Morgan fingerprint density at radius 2 is 1.50 bits per heavy atom. The minimum absolute atomic E-state index is 0.116. The molecule has 2 amide bonds. The monoisotopic (exact) mass is 375 g/mol. The molecule has 2 aromatic carbocycles. The van der Waals surface area contributed by atoms with Crippen LogP contribution in [0.1, 0.15) is 26.3 Å². The molecule has 0 saturated carbocycles. The molecule has 0 spiro atoms. The van der Waals surface area contributed by atoms with Gasteiger partial charge in [-0.05, 0) is 55.0 Å². The topological polar surface area (TPSA) is 95.6 Å². The lowest BCUT2D eigenvalue weighted by Crippen LogP contribution is -2.22. The number of nitrogens with zero attached hydrogens (tertiary/aromatic N) is 1. The fourth-order valence-electron chi connectivity index (χ4n) is 2.27. The van der Waals surface area contributed by atoms with Crippen LogP contribution in [-0.2, 0) is 10.0 Å². The number of aryl methyl sites for hydroxylation is 1. The maximum atomic E-state index is 12.4. The first kappa shape index (κ1) is 19.6. The Kier molecular flexibility index (Phi) is 5.79. The quantitative estimate of drug-likeness (QED) is 0.834. The molecule has 0 aliphatic heterocycles. The van der Waals surface area contributed by atoms with E-state index in [9.17, 15) is 18.0 Å². The minimum Gasteiger partial charge on any atom is -0.355 e. The molecule has 0 aliphatic carbocycles. The van der Waals surface area contributed by atoms with Crippen molar-refractivity contribution in [2.75, 3.05) is 26.5 Å². The van der Waals surface area contributed by atoms with Crippen molar-refractivity contribution in [2.45, 2.75) is 11.8 Å². The number of amides is 2. The minimum atomic E-state index is -3.54. The molecule has 7 nitrogen and oxygen atoms in total. The predicted molar refractivity (Wildman–Crippen MR) is 99.8 cm³/mol. The number of sulfonamides is 1. The molecular weight excluding hydrogens is 354 g/mol. The number of hydrogen-bond acceptors (Lipinski definition) is 4. The van der Waals surface area contributed by atoms with Gasteiger partial charge in [-0.15, -0.1) is 0 Å². The molecule has 0 unspecified atom stereocenters. The van der Waals surface area contributed by atoms with Crippen LogP contribution in [0.3, 0.4) is 0 Å². The van der Waals surface area contributed by atoms with Gasteiger partial charge in [-0.25, -0.2) is 12.7 Å². The fraction of sp³-hybridized carbons (Fsp3) is 0.222. The Bertz CT molecular complexity index is 935. The van der Waals surface area contributed by atoms with Gasteiger partial charge in [0.25, 0.3) is 11.8 Å². The number of hydrogen-bond donors (Lipinski definition) is 2. The summed E-state index contributed by atoms with van der Waals surface area (Å²) in [5.74, 6) is -0.571. The third-order valence-electron chi connectivity index (χ3n) is 3.86. The molecule has 2 rings (SSSR count). The van der Waals surface area contributed by atoms with Gasteiger partial charge in [-0.3, -0.25) is 9.59 Å². The van der Waals surface area contributed by atoms with Gasteiger partial charge in [0.1, 0.15) is 0 Å². The first-order chi connectivity index (χ1) is 12.2. The lowest BCUT2D eigenvalue weighted by molar-refractivity contribution is 0.0962. The molecule has 0 aliphatic rings. The van der Waals surface area contributed by atoms with Crippen LogP contribution in [-0.4, -0.2) is 45.7 Å². The summed E-state index contributed by atoms with van der Waals surface area (Å²) in [6.07, 6.45) is 0. The number of carbonyl (C=O) groups excluding carboxylic acids is 2. The average Bonchev–Trinajstić information content (AvgIpc) is 2.62. The van der Waals surface area contributed by atoms with Crippen LogP contribution in [0.4, 0.5) is 5.69 Å². The van der Waals surface area contributed by atoms with E-state index in [4.69, 9.17) is 0 Å². The molecule has 26 heavy (non-hydrogen) atoms. The van der Waals surface area contributed by atoms with Gasteiger partial charge in [0.2, 0.25) is 10.0 Å². The van der Waals surface area contributed by atoms with Crippen molar-refractivity contribution in [1.29, 1.82) is 0 Å². The number of nitrogens with one attached hydrogen (secondary N) is 2. The van der Waals surface area contributed by atoms with Crippen LogP contribution in [0, 0.1) is 6.92 Å². The summed E-state index contributed by atoms with van der Waals surface area (Å²) in [6.45, 7) is 1.79. The van der Waals surface area contributed by atoms with Crippen molar-refractivity contribution in [3.8, 4) is 0 Å². The Hall–Kier alpha value is -2.71. The van der Waals surface area contributed by atoms with Gasteiger partial charge in [-0.2, -0.15) is 0 Å². The highest BCUT2D eigenvalue weighted by atomic mass is 32.2. The maximum Gasteiger partial charge on any atom is 0.255 e. The Morgan fingerprint density at radius 3 is 2.00 bits per heavy atom. The van der Waals surface area contributed by atoms with E-state index in [1.54, 1.807) is 32.2 Å². The summed E-state index contributed by atoms with van der Waals surface area (Å²) in [4.78, 5) is 24.1. The van der Waals surface area contributed by atoms with Gasteiger partial charge >= 0.3 is 0 Å². The highest BCUT2D eigenvalue weighted by Crippen LogP contribution is 2.19. The lowest BCUT2D eigenvalue weighted by Gasteiger charge is -2.12. The van der Waals surface area contributed by atoms with Crippen molar-refractivity contribution < 1.29 is 18.0 Å². The second kappa shape index (κ2) is 7.67. The first-order valence-corrected chi connectivity index (χ1v) is 9.27. The summed E-state index contributed by atoms with van der Waals surface area (Å²) < 4.78 is 25.2. The number of carbonyl (C=O) groups is 2. The van der Waals surface area contributed by atoms with Gasteiger partial charge in [0.05, 0.1) is 4.90 Å². The average molecular weight is 375 g/mol. The molecule has 0 heterocycles. The molecule has 0 aromatic heterocycles. The second-order valence-electron chi connectivity index (χ2n) is 5.87. The summed E-state index contributed by atoms with van der Waals surface area (Å²) >= 11 is 0. The van der Waals surface area contributed by atoms with Gasteiger partial charge in [0, 0.05) is 38.0 Å². The molecule has 0 radical (unpaired) electrons. The summed E-state index contributed by atoms with van der Waals surface area (Å²) in [5, 5.41) is 5.30. The number of anilines is 1. The molecule has 0 saturated heterocycles. The molecule has 8 heteroatoms. The highest BCUT2D eigenvalue weighted by molar-refractivity contribution is 7.89. The van der Waals surface area contributed by atoms with Crippen molar-refractivity contribution in [3.05, 3.63) is 59.2 Å². The standard InChI is InChI=1S/C18H21N3O4S/c1-12-11-14(17(22)19-2)7-10-16(12)20-18(23)13-5-8-15(9-6-13)26(24,25)21(3)4/h5-11H,1-4H3,(H,19,22)(H,20,23). The van der Waals surface area contributed by atoms with Crippen LogP contribution >= 0.6 is 0 Å². The summed E-state index contributed by atoms with van der Waals surface area (Å²) in [6, 6.07) is 10.7. The van der Waals surface area contributed by atoms with Crippen molar-refractivity contribution in [2.24, 2.45) is 0 Å². The zero-order chi connectivity index (χ0) is 19.5. The normalized spacial score (nSPS) is 11.3. The van der Waals surface area contributed by atoms with E-state index < -0.39 is 10.0 Å². The van der Waals surface area contributed by atoms with E-state index in [0.29, 0.717) is 16.8 Å². The SMILES string of the molecule is CNC(=O)c1ccc(NC(=O)c2ccc(S(=O)(=O)N(C)C)cc2)c(C)c1. The summed E-state index contributed by atoms with van der Waals surface area (Å²) in [7, 11) is 0.904. The van der Waals surface area contributed by atoms with E-state index >= 15 is 0 Å². The van der Waals surface area contributed by atoms with Gasteiger partial charge in [-0.1, -0.05) is 0 Å². The van der Waals surface area contributed by atoms with Gasteiger partial charge < -0.3 is 10.6 Å². The third-order valence-corrected chi connectivity index (χ3v) is 5.69. The van der Waals surface area contributed by atoms with Crippen LogP contribution in [0.25, 0.3) is 0 Å². The van der Waals surface area contributed by atoms with E-state index in [-0.39, 0.29) is 16.7 Å². The summed E-state index contributed by atoms with van der Waals surface area (Å²) in [5.41, 5.74) is 2.15. The third kappa shape index (κ3) is 4.09. The molecule has 0 bridgehead atoms. The molecule has 0 fully saturated rings. The molecule has 2 aromatic rings. The van der Waals surface area contributed by atoms with Crippen molar-refractivity contribution in [3.63, 3.8) is 0 Å². The molecule has 138 valence electrons. The highest BCUT2D eigenvalue weighted by Gasteiger charge is 2.17. The lowest BCUT2D eigenvalue weighted by atomic mass is 10.1. The zero-order valence-corrected chi connectivity index (χ0v) is 15.8. The smallest absolute Gasteiger partial charge is 0.255 e. The van der Waals surface area contributed by atoms with Crippen LogP contribution in [0.15, 0.2) is 47.4 Å². The second-order valence-corrected chi connectivity index (χ2v) is 8.03. The van der Waals surface area contributed by atoms with Crippen LogP contribution in [0.2, 0.25) is 0 Å². The molecule has 0 atom stereocenters. The Morgan fingerprint density at radius 1 is 0.923 bits per heavy atom. The van der Waals surface area contributed by atoms with Crippen molar-refractivity contribution >= 4 is 27.5 Å². The fourth-order valence-corrected chi connectivity index (χ4v) is 3.17. The molecule has 2 N–H and O–H groups in total.